The van der Waals surface area contributed by atoms with E-state index in [9.17, 15) is 4.79 Å². The Morgan fingerprint density at radius 3 is 2.69 bits per heavy atom. The highest BCUT2D eigenvalue weighted by Crippen LogP contribution is 2.44. The number of hydrogen-bond acceptors (Lipinski definition) is 3. The van der Waals surface area contributed by atoms with Crippen molar-refractivity contribution in [1.82, 2.24) is 9.88 Å². The van der Waals surface area contributed by atoms with Gasteiger partial charge in [-0.2, -0.15) is 0 Å². The molecule has 4 heteroatoms. The van der Waals surface area contributed by atoms with Gasteiger partial charge in [0.2, 0.25) is 5.88 Å². The van der Waals surface area contributed by atoms with Crippen molar-refractivity contribution >= 4 is 5.91 Å². The fraction of sp³-hybridized carbons (Fsp3) is 0.520. The molecule has 154 valence electrons. The van der Waals surface area contributed by atoms with E-state index in [-0.39, 0.29) is 12.0 Å². The van der Waals surface area contributed by atoms with Crippen LogP contribution < -0.4 is 4.74 Å². The van der Waals surface area contributed by atoms with Gasteiger partial charge in [0.1, 0.15) is 5.69 Å². The number of amides is 1. The van der Waals surface area contributed by atoms with Crippen LogP contribution in [0.1, 0.15) is 74.3 Å². The predicted molar refractivity (Wildman–Crippen MR) is 115 cm³/mol. The first kappa shape index (κ1) is 19.9. The van der Waals surface area contributed by atoms with Gasteiger partial charge in [0.05, 0.1) is 6.10 Å². The van der Waals surface area contributed by atoms with Gasteiger partial charge in [-0.1, -0.05) is 56.2 Å². The van der Waals surface area contributed by atoms with Crippen molar-refractivity contribution in [3.05, 3.63) is 59.8 Å². The summed E-state index contributed by atoms with van der Waals surface area (Å²) >= 11 is 0. The quantitative estimate of drug-likeness (QED) is 0.680. The molecule has 2 fully saturated rings. The van der Waals surface area contributed by atoms with Gasteiger partial charge in [-0.15, -0.1) is 0 Å². The minimum absolute atomic E-state index is 0.0583. The maximum absolute atomic E-state index is 13.4. The Labute approximate surface area is 174 Å². The number of ether oxygens (including phenoxy) is 1. The second-order valence-corrected chi connectivity index (χ2v) is 8.52. The maximum Gasteiger partial charge on any atom is 0.272 e. The Balaban J connectivity index is 1.54. The van der Waals surface area contributed by atoms with E-state index < -0.39 is 0 Å². The SMILES string of the molecule is CCC(C)Oc1cccc(C(=O)N2CC[C@H](c3ccccc3)[C@H]3CCCC[C@H]32)n1. The number of hydrogen-bond donors (Lipinski definition) is 0. The fourth-order valence-corrected chi connectivity index (χ4v) is 5.06. The molecule has 2 aliphatic rings. The molecule has 1 aliphatic heterocycles. The van der Waals surface area contributed by atoms with Crippen LogP contribution in [0, 0.1) is 5.92 Å². The Hall–Kier alpha value is -2.36. The van der Waals surface area contributed by atoms with Gasteiger partial charge in [-0.05, 0) is 56.1 Å². The van der Waals surface area contributed by atoms with Crippen LogP contribution in [-0.4, -0.2) is 34.5 Å². The molecule has 29 heavy (non-hydrogen) atoms. The third-order valence-electron chi connectivity index (χ3n) is 6.71. The van der Waals surface area contributed by atoms with E-state index in [1.54, 1.807) is 0 Å². The van der Waals surface area contributed by atoms with E-state index in [1.165, 1.54) is 24.8 Å². The molecule has 0 N–H and O–H groups in total. The second-order valence-electron chi connectivity index (χ2n) is 8.52. The summed E-state index contributed by atoms with van der Waals surface area (Å²) in [5, 5.41) is 0. The number of aromatic nitrogens is 1. The van der Waals surface area contributed by atoms with Crippen molar-refractivity contribution in [3.63, 3.8) is 0 Å². The Morgan fingerprint density at radius 2 is 1.90 bits per heavy atom. The average molecular weight is 393 g/mol. The van der Waals surface area contributed by atoms with Crippen molar-refractivity contribution in [1.29, 1.82) is 0 Å². The van der Waals surface area contributed by atoms with Crippen LogP contribution in [0.5, 0.6) is 5.88 Å². The second kappa shape index (κ2) is 8.98. The van der Waals surface area contributed by atoms with Crippen LogP contribution in [0.3, 0.4) is 0 Å². The van der Waals surface area contributed by atoms with Crippen molar-refractivity contribution < 1.29 is 9.53 Å². The molecule has 1 aromatic carbocycles. The normalized spacial score (nSPS) is 25.2. The van der Waals surface area contributed by atoms with E-state index in [2.05, 4.69) is 47.1 Å². The van der Waals surface area contributed by atoms with E-state index in [0.29, 0.717) is 29.5 Å². The summed E-state index contributed by atoms with van der Waals surface area (Å²) < 4.78 is 5.84. The number of pyridine rings is 1. The lowest BCUT2D eigenvalue weighted by Crippen LogP contribution is -2.52. The number of benzene rings is 1. The van der Waals surface area contributed by atoms with Crippen LogP contribution in [-0.2, 0) is 0 Å². The fourth-order valence-electron chi connectivity index (χ4n) is 5.06. The standard InChI is InChI=1S/C25H32N2O2/c1-3-18(2)29-24-15-9-13-22(26-24)25(28)27-17-16-20(19-10-5-4-6-11-19)21-12-7-8-14-23(21)27/h4-6,9-11,13,15,18,20-21,23H,3,7-8,12,14,16-17H2,1-2H3/t18?,20-,21-,23-/m1/s1. The number of carbonyl (C=O) groups is 1. The molecule has 4 atom stereocenters. The third-order valence-corrected chi connectivity index (χ3v) is 6.71. The smallest absolute Gasteiger partial charge is 0.272 e. The van der Waals surface area contributed by atoms with E-state index in [1.807, 2.05) is 25.1 Å². The van der Waals surface area contributed by atoms with Crippen molar-refractivity contribution in [2.45, 2.75) is 70.4 Å². The number of carbonyl (C=O) groups excluding carboxylic acids is 1. The number of likely N-dealkylation sites (tertiary alicyclic amines) is 1. The van der Waals surface area contributed by atoms with Gasteiger partial charge >= 0.3 is 0 Å². The molecule has 1 unspecified atom stereocenters. The van der Waals surface area contributed by atoms with Crippen molar-refractivity contribution in [3.8, 4) is 5.88 Å². The summed E-state index contributed by atoms with van der Waals surface area (Å²) in [6.45, 7) is 4.91. The Morgan fingerprint density at radius 1 is 1.10 bits per heavy atom. The number of rotatable bonds is 5. The van der Waals surface area contributed by atoms with E-state index in [0.717, 1.165) is 25.8 Å². The van der Waals surface area contributed by atoms with Crippen LogP contribution in [0.2, 0.25) is 0 Å². The van der Waals surface area contributed by atoms with Gasteiger partial charge in [-0.25, -0.2) is 4.98 Å². The lowest BCUT2D eigenvalue weighted by atomic mass is 9.69. The lowest BCUT2D eigenvalue weighted by Gasteiger charge is -2.48. The van der Waals surface area contributed by atoms with Crippen LogP contribution in [0.4, 0.5) is 0 Å². The first-order chi connectivity index (χ1) is 14.2. The largest absolute Gasteiger partial charge is 0.475 e. The Kier molecular flexibility index (Phi) is 6.17. The average Bonchev–Trinajstić information content (AvgIpc) is 2.78. The van der Waals surface area contributed by atoms with Crippen LogP contribution >= 0.6 is 0 Å². The van der Waals surface area contributed by atoms with Gasteiger partial charge in [-0.3, -0.25) is 4.79 Å². The molecule has 2 heterocycles. The van der Waals surface area contributed by atoms with Crippen molar-refractivity contribution in [2.24, 2.45) is 5.92 Å². The zero-order chi connectivity index (χ0) is 20.2. The minimum Gasteiger partial charge on any atom is -0.475 e. The summed E-state index contributed by atoms with van der Waals surface area (Å²) in [6, 6.07) is 16.7. The number of nitrogens with zero attached hydrogens (tertiary/aromatic N) is 2. The molecule has 1 saturated heterocycles. The maximum atomic E-state index is 13.4. The first-order valence-corrected chi connectivity index (χ1v) is 11.2. The summed E-state index contributed by atoms with van der Waals surface area (Å²) in [6.07, 6.45) is 6.81. The molecule has 1 aliphatic carbocycles. The van der Waals surface area contributed by atoms with E-state index in [4.69, 9.17) is 4.74 Å². The molecular formula is C25H32N2O2. The topological polar surface area (TPSA) is 42.4 Å². The zero-order valence-electron chi connectivity index (χ0n) is 17.6. The summed E-state index contributed by atoms with van der Waals surface area (Å²) in [5.74, 6) is 1.70. The minimum atomic E-state index is 0.0583. The molecule has 0 radical (unpaired) electrons. The number of fused-ring (bicyclic) bond motifs is 1. The van der Waals surface area contributed by atoms with Crippen molar-refractivity contribution in [2.75, 3.05) is 6.54 Å². The highest BCUT2D eigenvalue weighted by molar-refractivity contribution is 5.92. The van der Waals surface area contributed by atoms with Gasteiger partial charge in [0.15, 0.2) is 0 Å². The molecule has 4 nitrogen and oxygen atoms in total. The Bertz CT molecular complexity index is 823. The third kappa shape index (κ3) is 4.31. The molecule has 2 aromatic rings. The first-order valence-electron chi connectivity index (χ1n) is 11.2. The molecule has 4 rings (SSSR count). The molecular weight excluding hydrogens is 360 g/mol. The highest BCUT2D eigenvalue weighted by atomic mass is 16.5. The van der Waals surface area contributed by atoms with E-state index >= 15 is 0 Å². The zero-order valence-corrected chi connectivity index (χ0v) is 17.6. The lowest BCUT2D eigenvalue weighted by molar-refractivity contribution is 0.0313. The molecule has 1 aromatic heterocycles. The summed E-state index contributed by atoms with van der Waals surface area (Å²) in [7, 11) is 0. The van der Waals surface area contributed by atoms with Gasteiger partial charge < -0.3 is 9.64 Å². The molecule has 1 saturated carbocycles. The molecule has 1 amide bonds. The molecule has 0 bridgehead atoms. The summed E-state index contributed by atoms with van der Waals surface area (Å²) in [5.41, 5.74) is 1.94. The van der Waals surface area contributed by atoms with Gasteiger partial charge in [0, 0.05) is 18.7 Å². The van der Waals surface area contributed by atoms with Crippen LogP contribution in [0.15, 0.2) is 48.5 Å². The predicted octanol–water partition coefficient (Wildman–Crippen LogP) is 5.45. The number of piperidine rings is 1. The van der Waals surface area contributed by atoms with Gasteiger partial charge in [0.25, 0.3) is 5.91 Å². The highest BCUT2D eigenvalue weighted by Gasteiger charge is 2.42. The monoisotopic (exact) mass is 392 g/mol. The van der Waals surface area contributed by atoms with Crippen LogP contribution in [0.25, 0.3) is 0 Å². The molecule has 0 spiro atoms. The summed E-state index contributed by atoms with van der Waals surface area (Å²) in [4.78, 5) is 20.1.